The fourth-order valence-electron chi connectivity index (χ4n) is 3.87. The van der Waals surface area contributed by atoms with Gasteiger partial charge in [0.1, 0.15) is 0 Å². The Morgan fingerprint density at radius 1 is 1.19 bits per heavy atom. The largest absolute Gasteiger partial charge is 0.393 e. The van der Waals surface area contributed by atoms with E-state index in [-0.39, 0.29) is 29.2 Å². The van der Waals surface area contributed by atoms with E-state index in [0.717, 1.165) is 32.2 Å². The van der Waals surface area contributed by atoms with Gasteiger partial charge in [-0.3, -0.25) is 0 Å². The fraction of sp³-hybridized carbons (Fsp3) is 1.00. The summed E-state index contributed by atoms with van der Waals surface area (Å²) in [5, 5.41) is 10.3. The van der Waals surface area contributed by atoms with E-state index in [0.29, 0.717) is 11.7 Å². The van der Waals surface area contributed by atoms with E-state index in [1.54, 1.807) is 0 Å². The summed E-state index contributed by atoms with van der Waals surface area (Å²) in [6.45, 7) is 7.65. The van der Waals surface area contributed by atoms with E-state index in [4.69, 9.17) is 0 Å². The van der Waals surface area contributed by atoms with Crippen molar-refractivity contribution in [1.29, 1.82) is 0 Å². The molecule has 0 amide bonds. The highest BCUT2D eigenvalue weighted by Crippen LogP contribution is 2.40. The summed E-state index contributed by atoms with van der Waals surface area (Å²) in [5.41, 5.74) is 0.285. The van der Waals surface area contributed by atoms with Crippen LogP contribution in [0.15, 0.2) is 0 Å². The highest BCUT2D eigenvalue weighted by Gasteiger charge is 2.37. The molecule has 1 N–H and O–H groups in total. The molecule has 1 heterocycles. The van der Waals surface area contributed by atoms with Gasteiger partial charge in [-0.1, -0.05) is 20.8 Å². The molecule has 21 heavy (non-hydrogen) atoms. The normalized spacial score (nSPS) is 37.0. The summed E-state index contributed by atoms with van der Waals surface area (Å²) in [5.74, 6) is 1.53. The Morgan fingerprint density at radius 3 is 2.38 bits per heavy atom. The zero-order valence-electron chi connectivity index (χ0n) is 13.9. The highest BCUT2D eigenvalue weighted by atomic mass is 32.2. The van der Waals surface area contributed by atoms with Crippen molar-refractivity contribution in [1.82, 2.24) is 4.90 Å². The van der Waals surface area contributed by atoms with Crippen LogP contribution >= 0.6 is 0 Å². The van der Waals surface area contributed by atoms with Gasteiger partial charge in [0.15, 0.2) is 9.84 Å². The number of rotatable bonds is 3. The lowest BCUT2D eigenvalue weighted by atomic mass is 9.68. The van der Waals surface area contributed by atoms with Crippen molar-refractivity contribution in [2.24, 2.45) is 17.3 Å². The second kappa shape index (κ2) is 6.17. The number of hydrogen-bond donors (Lipinski definition) is 1. The van der Waals surface area contributed by atoms with E-state index >= 15 is 0 Å². The van der Waals surface area contributed by atoms with Gasteiger partial charge >= 0.3 is 0 Å². The first-order chi connectivity index (χ1) is 9.58. The van der Waals surface area contributed by atoms with Gasteiger partial charge in [-0.15, -0.1) is 0 Å². The molecule has 4 unspecified atom stereocenters. The third kappa shape index (κ3) is 4.42. The summed E-state index contributed by atoms with van der Waals surface area (Å²) < 4.78 is 23.2. The maximum atomic E-state index is 11.6. The first-order valence-corrected chi connectivity index (χ1v) is 9.99. The Morgan fingerprint density at radius 2 is 1.86 bits per heavy atom. The van der Waals surface area contributed by atoms with E-state index in [2.05, 4.69) is 25.7 Å². The van der Waals surface area contributed by atoms with Crippen molar-refractivity contribution in [3.8, 4) is 0 Å². The molecule has 1 aliphatic heterocycles. The molecule has 2 aliphatic rings. The van der Waals surface area contributed by atoms with Crippen LogP contribution in [0.5, 0.6) is 0 Å². The lowest BCUT2D eigenvalue weighted by molar-refractivity contribution is 0.00260. The molecule has 0 spiro atoms. The Labute approximate surface area is 129 Å². The molecule has 2 fully saturated rings. The fourth-order valence-corrected chi connectivity index (χ4v) is 5.68. The topological polar surface area (TPSA) is 57.6 Å². The molecular weight excluding hydrogens is 286 g/mol. The lowest BCUT2D eigenvalue weighted by Crippen LogP contribution is -2.43. The van der Waals surface area contributed by atoms with Crippen LogP contribution in [0.4, 0.5) is 0 Å². The molecule has 1 aliphatic carbocycles. The van der Waals surface area contributed by atoms with Crippen LogP contribution in [0.2, 0.25) is 0 Å². The minimum Gasteiger partial charge on any atom is -0.393 e. The second-order valence-corrected chi connectivity index (χ2v) is 10.4. The third-order valence-corrected chi connectivity index (χ3v) is 7.27. The van der Waals surface area contributed by atoms with Gasteiger partial charge < -0.3 is 10.0 Å². The molecule has 0 radical (unpaired) electrons. The molecule has 4 nitrogen and oxygen atoms in total. The second-order valence-electron chi connectivity index (χ2n) is 8.20. The van der Waals surface area contributed by atoms with Crippen LogP contribution in [0, 0.1) is 17.3 Å². The van der Waals surface area contributed by atoms with Crippen molar-refractivity contribution >= 4 is 9.84 Å². The molecule has 0 aromatic rings. The summed E-state index contributed by atoms with van der Waals surface area (Å²) >= 11 is 0. The highest BCUT2D eigenvalue weighted by molar-refractivity contribution is 7.91. The van der Waals surface area contributed by atoms with Gasteiger partial charge in [0.25, 0.3) is 0 Å². The van der Waals surface area contributed by atoms with Gasteiger partial charge in [-0.05, 0) is 50.0 Å². The number of hydrogen-bond acceptors (Lipinski definition) is 4. The van der Waals surface area contributed by atoms with Gasteiger partial charge in [0.2, 0.25) is 0 Å². The van der Waals surface area contributed by atoms with Crippen molar-refractivity contribution < 1.29 is 13.5 Å². The summed E-state index contributed by atoms with van der Waals surface area (Å²) in [4.78, 5) is 2.17. The minimum atomic E-state index is -2.83. The number of sulfone groups is 1. The maximum absolute atomic E-state index is 11.6. The molecule has 0 bridgehead atoms. The molecule has 0 aromatic carbocycles. The molecule has 2 rings (SSSR count). The number of aliphatic hydroxyl groups is 1. The zero-order valence-corrected chi connectivity index (χ0v) is 14.7. The van der Waals surface area contributed by atoms with Gasteiger partial charge in [-0.25, -0.2) is 8.42 Å². The first-order valence-electron chi connectivity index (χ1n) is 8.17. The van der Waals surface area contributed by atoms with Crippen LogP contribution in [-0.2, 0) is 9.84 Å². The maximum Gasteiger partial charge on any atom is 0.151 e. The lowest BCUT2D eigenvalue weighted by Gasteiger charge is -2.42. The SMILES string of the molecule is CN(CC1CC(C(C)(C)C)CCC1O)C1CCS(=O)(=O)C1. The smallest absolute Gasteiger partial charge is 0.151 e. The zero-order chi connectivity index (χ0) is 15.8. The number of aliphatic hydroxyl groups excluding tert-OH is 1. The summed E-state index contributed by atoms with van der Waals surface area (Å²) in [6, 6.07) is 0.136. The van der Waals surface area contributed by atoms with Gasteiger partial charge in [0, 0.05) is 12.6 Å². The third-order valence-electron chi connectivity index (χ3n) is 5.52. The molecule has 5 heteroatoms. The van der Waals surface area contributed by atoms with Gasteiger partial charge in [-0.2, -0.15) is 0 Å². The van der Waals surface area contributed by atoms with Gasteiger partial charge in [0.05, 0.1) is 17.6 Å². The summed E-state index contributed by atoms with van der Waals surface area (Å²) in [6.07, 6.45) is 3.54. The van der Waals surface area contributed by atoms with Crippen LogP contribution < -0.4 is 0 Å². The van der Waals surface area contributed by atoms with Crippen LogP contribution in [-0.4, -0.2) is 55.7 Å². The van der Waals surface area contributed by atoms with Crippen LogP contribution in [0.1, 0.15) is 46.5 Å². The van der Waals surface area contributed by atoms with E-state index < -0.39 is 9.84 Å². The molecule has 124 valence electrons. The predicted molar refractivity (Wildman–Crippen MR) is 86.0 cm³/mol. The summed E-state index contributed by atoms with van der Waals surface area (Å²) in [7, 11) is -0.820. The predicted octanol–water partition coefficient (Wildman–Crippen LogP) is 1.93. The quantitative estimate of drug-likeness (QED) is 0.864. The van der Waals surface area contributed by atoms with Crippen molar-refractivity contribution in [2.75, 3.05) is 25.1 Å². The Kier molecular flexibility index (Phi) is 5.06. The molecule has 1 saturated heterocycles. The van der Waals surface area contributed by atoms with E-state index in [1.807, 2.05) is 7.05 Å². The monoisotopic (exact) mass is 317 g/mol. The Hall–Kier alpha value is -0.130. The average Bonchev–Trinajstić information content (AvgIpc) is 2.71. The van der Waals surface area contributed by atoms with E-state index in [9.17, 15) is 13.5 Å². The Balaban J connectivity index is 1.94. The average molecular weight is 317 g/mol. The number of nitrogens with zero attached hydrogens (tertiary/aromatic N) is 1. The van der Waals surface area contributed by atoms with Crippen LogP contribution in [0.25, 0.3) is 0 Å². The molecule has 4 atom stereocenters. The van der Waals surface area contributed by atoms with E-state index in [1.165, 1.54) is 0 Å². The minimum absolute atomic E-state index is 0.136. The standard InChI is InChI=1S/C16H31NO3S/c1-16(2,3)13-5-6-15(18)12(9-13)10-17(4)14-7-8-21(19,20)11-14/h12-15,18H,5-11H2,1-4H3. The molecule has 1 saturated carbocycles. The van der Waals surface area contributed by atoms with Crippen molar-refractivity contribution in [2.45, 2.75) is 58.6 Å². The van der Waals surface area contributed by atoms with Crippen LogP contribution in [0.3, 0.4) is 0 Å². The van der Waals surface area contributed by atoms with Crippen molar-refractivity contribution in [3.63, 3.8) is 0 Å². The molecule has 0 aromatic heterocycles. The first kappa shape index (κ1) is 17.2. The van der Waals surface area contributed by atoms with Crippen molar-refractivity contribution in [3.05, 3.63) is 0 Å². The Bertz CT molecular complexity index is 455. The molecular formula is C16H31NO3S.